The molecule has 284 valence electrons. The van der Waals surface area contributed by atoms with Crippen molar-refractivity contribution in [3.63, 3.8) is 0 Å². The topological polar surface area (TPSA) is 3.24 Å². The predicted molar refractivity (Wildman–Crippen MR) is 187 cm³/mol. The van der Waals surface area contributed by atoms with Gasteiger partial charge in [-0.1, -0.05) is 48.5 Å². The Labute approximate surface area is 307 Å². The highest BCUT2D eigenvalue weighted by atomic mass is 19.4. The molecule has 0 bridgehead atoms. The Balaban J connectivity index is 1.43. The van der Waals surface area contributed by atoms with Gasteiger partial charge in [0.2, 0.25) is 0 Å². The number of benzene rings is 6. The van der Waals surface area contributed by atoms with Gasteiger partial charge in [0.05, 0.1) is 22.3 Å². The summed E-state index contributed by atoms with van der Waals surface area (Å²) in [7, 11) is 0. The van der Waals surface area contributed by atoms with Crippen LogP contribution in [0.5, 0.6) is 0 Å². The van der Waals surface area contributed by atoms with Crippen LogP contribution in [0.4, 0.5) is 69.7 Å². The van der Waals surface area contributed by atoms with Gasteiger partial charge >= 0.3 is 24.7 Å². The molecular weight excluding hydrogens is 746 g/mol. The van der Waals surface area contributed by atoms with Crippen LogP contribution in [0.1, 0.15) is 33.4 Å². The maximum atomic E-state index is 13.6. The molecule has 0 amide bonds. The summed E-state index contributed by atoms with van der Waals surface area (Å²) in [5, 5.41) is 0. The van der Waals surface area contributed by atoms with E-state index in [0.717, 1.165) is 24.3 Å². The molecular formula is C42H27F12N. The minimum absolute atomic E-state index is 0.0360. The molecule has 0 saturated carbocycles. The zero-order chi connectivity index (χ0) is 40.1. The molecule has 0 unspecified atom stereocenters. The molecule has 0 atom stereocenters. The average molecular weight is 774 g/mol. The summed E-state index contributed by atoms with van der Waals surface area (Å²) < 4.78 is 163. The molecule has 0 heterocycles. The monoisotopic (exact) mass is 773 g/mol. The Morgan fingerprint density at radius 3 is 0.782 bits per heavy atom. The Hall–Kier alpha value is -5.72. The number of anilines is 3. The van der Waals surface area contributed by atoms with Gasteiger partial charge in [-0.2, -0.15) is 52.7 Å². The Morgan fingerprint density at radius 1 is 0.291 bits per heavy atom. The summed E-state index contributed by atoms with van der Waals surface area (Å²) in [6, 6.07) is 27.0. The fourth-order valence-electron chi connectivity index (χ4n) is 6.20. The fourth-order valence-corrected chi connectivity index (χ4v) is 6.20. The molecule has 0 radical (unpaired) electrons. The third kappa shape index (κ3) is 8.82. The van der Waals surface area contributed by atoms with Gasteiger partial charge in [0.15, 0.2) is 0 Å². The van der Waals surface area contributed by atoms with Crippen molar-refractivity contribution < 1.29 is 52.7 Å². The van der Waals surface area contributed by atoms with E-state index in [1.807, 2.05) is 0 Å². The maximum absolute atomic E-state index is 13.6. The van der Waals surface area contributed by atoms with Gasteiger partial charge in [0, 0.05) is 17.1 Å². The molecule has 0 aliphatic heterocycles. The lowest BCUT2D eigenvalue weighted by Gasteiger charge is -2.26. The molecule has 55 heavy (non-hydrogen) atoms. The van der Waals surface area contributed by atoms with E-state index in [0.29, 0.717) is 62.6 Å². The van der Waals surface area contributed by atoms with Crippen LogP contribution in [-0.4, -0.2) is 0 Å². The van der Waals surface area contributed by atoms with Crippen molar-refractivity contribution >= 4 is 17.1 Å². The van der Waals surface area contributed by atoms with Crippen molar-refractivity contribution in [3.8, 4) is 33.4 Å². The number of rotatable bonds is 6. The summed E-state index contributed by atoms with van der Waals surface area (Å²) in [6.07, 6.45) is -19.3. The smallest absolute Gasteiger partial charge is 0.311 e. The normalized spacial score (nSPS) is 12.5. The number of alkyl halides is 12. The van der Waals surface area contributed by atoms with Crippen molar-refractivity contribution in [3.05, 3.63) is 161 Å². The van der Waals surface area contributed by atoms with Gasteiger partial charge in [-0.05, 0) is 137 Å². The van der Waals surface area contributed by atoms with Crippen LogP contribution < -0.4 is 4.90 Å². The van der Waals surface area contributed by atoms with Gasteiger partial charge in [0.25, 0.3) is 0 Å². The highest BCUT2D eigenvalue weighted by Crippen LogP contribution is 2.42. The lowest BCUT2D eigenvalue weighted by molar-refractivity contribution is -0.143. The molecule has 13 heteroatoms. The second kappa shape index (κ2) is 14.2. The molecule has 6 aromatic carbocycles. The molecule has 0 aliphatic carbocycles. The summed E-state index contributed by atoms with van der Waals surface area (Å²) in [5.41, 5.74) is -1.31. The lowest BCUT2D eigenvalue weighted by atomic mass is 9.98. The van der Waals surface area contributed by atoms with Crippen LogP contribution in [-0.2, 0) is 24.7 Å². The molecule has 1 nitrogen and oxygen atoms in total. The van der Waals surface area contributed by atoms with Crippen molar-refractivity contribution in [2.75, 3.05) is 4.90 Å². The van der Waals surface area contributed by atoms with Crippen molar-refractivity contribution in [2.24, 2.45) is 0 Å². The Kier molecular flexibility index (Phi) is 10.0. The van der Waals surface area contributed by atoms with Crippen LogP contribution in [0.25, 0.3) is 33.4 Å². The number of hydrogen-bond donors (Lipinski definition) is 0. The molecule has 0 aliphatic rings. The predicted octanol–water partition coefficient (Wildman–Crippen LogP) is 14.8. The number of nitrogens with zero attached hydrogens (tertiary/aromatic N) is 1. The standard InChI is InChI=1S/C42H27F12N/c1-24-15-29(19-32(17-24)39(43,44)45)26-3-9-36(10-4-26)55(37-11-5-27(6-12-37)30-16-25(2)18-33(20-30)40(46,47)48)38-13-7-28(8-14-38)31-21-34(41(49,50)51)23-35(22-31)42(52,53)54/h3-23H,1-2H3. The molecule has 0 aromatic heterocycles. The van der Waals surface area contributed by atoms with Crippen molar-refractivity contribution in [2.45, 2.75) is 38.6 Å². The quantitative estimate of drug-likeness (QED) is 0.152. The van der Waals surface area contributed by atoms with Crippen LogP contribution in [0.2, 0.25) is 0 Å². The van der Waals surface area contributed by atoms with E-state index in [9.17, 15) is 52.7 Å². The van der Waals surface area contributed by atoms with E-state index >= 15 is 0 Å². The van der Waals surface area contributed by atoms with Gasteiger partial charge in [-0.3, -0.25) is 0 Å². The maximum Gasteiger partial charge on any atom is 0.416 e. The Morgan fingerprint density at radius 2 is 0.527 bits per heavy atom. The van der Waals surface area contributed by atoms with E-state index in [4.69, 9.17) is 0 Å². The first-order valence-corrected chi connectivity index (χ1v) is 16.3. The van der Waals surface area contributed by atoms with E-state index in [1.54, 1.807) is 65.6 Å². The SMILES string of the molecule is Cc1cc(-c2ccc(N(c3ccc(-c4cc(C)cc(C(F)(F)F)c4)cc3)c3ccc(-c4cc(C(F)(F)F)cc(C(F)(F)F)c4)cc3)cc2)cc(C(F)(F)F)c1. The van der Waals surface area contributed by atoms with Gasteiger partial charge in [-0.25, -0.2) is 0 Å². The first-order valence-electron chi connectivity index (χ1n) is 16.3. The van der Waals surface area contributed by atoms with Gasteiger partial charge in [0.1, 0.15) is 0 Å². The number of aryl methyl sites for hydroxylation is 2. The first-order chi connectivity index (χ1) is 25.6. The highest BCUT2D eigenvalue weighted by Gasteiger charge is 2.37. The zero-order valence-corrected chi connectivity index (χ0v) is 28.6. The van der Waals surface area contributed by atoms with Crippen molar-refractivity contribution in [1.82, 2.24) is 0 Å². The highest BCUT2D eigenvalue weighted by molar-refractivity contribution is 5.81. The summed E-state index contributed by atoms with van der Waals surface area (Å²) in [6.45, 7) is 3.07. The molecule has 0 saturated heterocycles. The minimum atomic E-state index is -5.05. The van der Waals surface area contributed by atoms with E-state index in [-0.39, 0.29) is 17.2 Å². The summed E-state index contributed by atoms with van der Waals surface area (Å²) in [4.78, 5) is 1.67. The molecule has 0 spiro atoms. The third-order valence-corrected chi connectivity index (χ3v) is 8.77. The molecule has 6 aromatic rings. The summed E-state index contributed by atoms with van der Waals surface area (Å²) in [5.74, 6) is 0. The summed E-state index contributed by atoms with van der Waals surface area (Å²) >= 11 is 0. The van der Waals surface area contributed by atoms with Gasteiger partial charge in [-0.15, -0.1) is 0 Å². The molecule has 0 N–H and O–H groups in total. The Bertz CT molecular complexity index is 2170. The lowest BCUT2D eigenvalue weighted by Crippen LogP contribution is -2.11. The first kappa shape index (κ1) is 39.0. The third-order valence-electron chi connectivity index (χ3n) is 8.77. The zero-order valence-electron chi connectivity index (χ0n) is 28.6. The van der Waals surface area contributed by atoms with E-state index in [1.165, 1.54) is 38.1 Å². The molecule has 0 fully saturated rings. The largest absolute Gasteiger partial charge is 0.416 e. The fraction of sp³-hybridized carbons (Fsp3) is 0.143. The van der Waals surface area contributed by atoms with E-state index < -0.39 is 47.0 Å². The van der Waals surface area contributed by atoms with Gasteiger partial charge < -0.3 is 4.90 Å². The van der Waals surface area contributed by atoms with Crippen molar-refractivity contribution in [1.29, 1.82) is 0 Å². The second-order valence-electron chi connectivity index (χ2n) is 12.9. The van der Waals surface area contributed by atoms with E-state index in [2.05, 4.69) is 0 Å². The van der Waals surface area contributed by atoms with Crippen LogP contribution in [0.15, 0.2) is 127 Å². The van der Waals surface area contributed by atoms with Crippen LogP contribution >= 0.6 is 0 Å². The number of hydrogen-bond acceptors (Lipinski definition) is 1. The molecule has 6 rings (SSSR count). The minimum Gasteiger partial charge on any atom is -0.311 e. The van der Waals surface area contributed by atoms with Crippen LogP contribution in [0, 0.1) is 13.8 Å². The second-order valence-corrected chi connectivity index (χ2v) is 12.9. The number of halogens is 12. The van der Waals surface area contributed by atoms with Crippen LogP contribution in [0.3, 0.4) is 0 Å². The average Bonchev–Trinajstić information content (AvgIpc) is 3.10.